The van der Waals surface area contributed by atoms with E-state index in [0.29, 0.717) is 25.9 Å². The van der Waals surface area contributed by atoms with Gasteiger partial charge >= 0.3 is 0 Å². The summed E-state index contributed by atoms with van der Waals surface area (Å²) < 4.78 is 7.34. The molecule has 5 nitrogen and oxygen atoms in total. The maximum atomic E-state index is 12.6. The Morgan fingerprint density at radius 3 is 2.84 bits per heavy atom. The molecule has 4 aromatic rings. The molecular weight excluding hydrogens is 358 g/mol. The van der Waals surface area contributed by atoms with Crippen molar-refractivity contribution in [2.75, 3.05) is 0 Å². The third-order valence-electron chi connectivity index (χ3n) is 3.91. The van der Waals surface area contributed by atoms with Crippen molar-refractivity contribution < 1.29 is 4.74 Å². The van der Waals surface area contributed by atoms with Gasteiger partial charge in [-0.15, -0.1) is 0 Å². The molecule has 2 aromatic heterocycles. The van der Waals surface area contributed by atoms with Crippen LogP contribution in [0.3, 0.4) is 0 Å². The van der Waals surface area contributed by atoms with Crippen LogP contribution in [0.25, 0.3) is 15.9 Å². The van der Waals surface area contributed by atoms with Gasteiger partial charge in [0, 0.05) is 5.02 Å². The van der Waals surface area contributed by atoms with Gasteiger partial charge in [-0.3, -0.25) is 4.79 Å². The molecule has 7 heteroatoms. The van der Waals surface area contributed by atoms with Crippen molar-refractivity contribution in [2.24, 2.45) is 0 Å². The highest BCUT2D eigenvalue weighted by atomic mass is 35.5. The minimum Gasteiger partial charge on any atom is -0.483 e. The molecule has 0 aliphatic rings. The summed E-state index contributed by atoms with van der Waals surface area (Å²) >= 11 is 7.33. The van der Waals surface area contributed by atoms with Crippen LogP contribution in [-0.4, -0.2) is 14.6 Å². The molecule has 4 rings (SSSR count). The van der Waals surface area contributed by atoms with Crippen molar-refractivity contribution >= 4 is 38.8 Å². The van der Waals surface area contributed by atoms with Gasteiger partial charge in [0.1, 0.15) is 11.9 Å². The van der Waals surface area contributed by atoms with Gasteiger partial charge in [0.25, 0.3) is 5.56 Å². The fourth-order valence-electron chi connectivity index (χ4n) is 2.62. The molecule has 0 saturated carbocycles. The lowest BCUT2D eigenvalue weighted by Gasteiger charge is -2.13. The van der Waals surface area contributed by atoms with Crippen LogP contribution in [0.1, 0.15) is 23.6 Å². The second-order valence-corrected chi connectivity index (χ2v) is 7.16. The first-order valence-corrected chi connectivity index (χ1v) is 8.94. The van der Waals surface area contributed by atoms with E-state index in [1.54, 1.807) is 12.1 Å². The lowest BCUT2D eigenvalue weighted by molar-refractivity contribution is 0.223. The Labute approximate surface area is 152 Å². The average Bonchev–Trinajstić information content (AvgIpc) is 3.02. The molecular formula is C18H14ClN3O2S. The summed E-state index contributed by atoms with van der Waals surface area (Å²) in [6, 6.07) is 12.7. The molecule has 0 aliphatic heterocycles. The standard InChI is InChI=1S/C18H14ClN3O2S/c1-10-9-12(19)7-8-15(10)24-11(2)16-21-22-17(23)13-5-3-4-6-14(13)20-18(22)25-16/h3-9,11H,1-2H3/t11-/m1/s1. The topological polar surface area (TPSA) is 56.5 Å². The normalized spacial score (nSPS) is 12.6. The Bertz CT molecular complexity index is 1150. The fourth-order valence-corrected chi connectivity index (χ4v) is 3.72. The van der Waals surface area contributed by atoms with Crippen molar-refractivity contribution in [2.45, 2.75) is 20.0 Å². The van der Waals surface area contributed by atoms with E-state index in [0.717, 1.165) is 11.3 Å². The summed E-state index contributed by atoms with van der Waals surface area (Å²) in [7, 11) is 0. The van der Waals surface area contributed by atoms with Crippen molar-refractivity contribution in [3.05, 3.63) is 68.4 Å². The molecule has 0 bridgehead atoms. The average molecular weight is 372 g/mol. The van der Waals surface area contributed by atoms with Crippen LogP contribution >= 0.6 is 22.9 Å². The van der Waals surface area contributed by atoms with Crippen LogP contribution in [0.15, 0.2) is 47.3 Å². The first kappa shape index (κ1) is 16.1. The number of aryl methyl sites for hydroxylation is 1. The number of ether oxygens (including phenoxy) is 1. The maximum absolute atomic E-state index is 12.6. The minimum atomic E-state index is -0.311. The number of fused-ring (bicyclic) bond motifs is 2. The molecule has 25 heavy (non-hydrogen) atoms. The number of aromatic nitrogens is 3. The monoisotopic (exact) mass is 371 g/mol. The summed E-state index contributed by atoms with van der Waals surface area (Å²) in [6.45, 7) is 3.83. The highest BCUT2D eigenvalue weighted by molar-refractivity contribution is 7.16. The molecule has 2 heterocycles. The Morgan fingerprint density at radius 2 is 2.04 bits per heavy atom. The Kier molecular flexibility index (Phi) is 3.94. The van der Waals surface area contributed by atoms with Gasteiger partial charge in [-0.05, 0) is 49.7 Å². The third-order valence-corrected chi connectivity index (χ3v) is 5.21. The molecule has 0 spiro atoms. The zero-order valence-electron chi connectivity index (χ0n) is 13.6. The molecule has 0 fully saturated rings. The number of rotatable bonds is 3. The lowest BCUT2D eigenvalue weighted by Crippen LogP contribution is -2.15. The van der Waals surface area contributed by atoms with Gasteiger partial charge in [-0.25, -0.2) is 4.98 Å². The predicted octanol–water partition coefficient (Wildman–Crippen LogP) is 4.41. The smallest absolute Gasteiger partial charge is 0.283 e. The van der Waals surface area contributed by atoms with Crippen molar-refractivity contribution in [1.29, 1.82) is 0 Å². The Morgan fingerprint density at radius 1 is 1.24 bits per heavy atom. The van der Waals surface area contributed by atoms with E-state index >= 15 is 0 Å². The van der Waals surface area contributed by atoms with Gasteiger partial charge in [0.05, 0.1) is 10.9 Å². The summed E-state index contributed by atoms with van der Waals surface area (Å²) in [5.74, 6) is 0.738. The summed E-state index contributed by atoms with van der Waals surface area (Å²) in [5, 5.41) is 6.33. The molecule has 0 amide bonds. The van der Waals surface area contributed by atoms with Crippen molar-refractivity contribution in [1.82, 2.24) is 14.6 Å². The van der Waals surface area contributed by atoms with Crippen LogP contribution < -0.4 is 10.3 Å². The van der Waals surface area contributed by atoms with Crippen LogP contribution in [-0.2, 0) is 0 Å². The van der Waals surface area contributed by atoms with E-state index in [1.807, 2.05) is 44.2 Å². The van der Waals surface area contributed by atoms with Crippen molar-refractivity contribution in [3.8, 4) is 5.75 Å². The second kappa shape index (κ2) is 6.13. The molecule has 0 unspecified atom stereocenters. The van der Waals surface area contributed by atoms with E-state index in [9.17, 15) is 4.79 Å². The first-order chi connectivity index (χ1) is 12.0. The number of benzene rings is 2. The molecule has 0 N–H and O–H groups in total. The molecule has 0 radical (unpaired) electrons. The first-order valence-electron chi connectivity index (χ1n) is 7.74. The quantitative estimate of drug-likeness (QED) is 0.535. The van der Waals surface area contributed by atoms with Gasteiger partial charge in [-0.2, -0.15) is 9.61 Å². The van der Waals surface area contributed by atoms with E-state index in [4.69, 9.17) is 16.3 Å². The van der Waals surface area contributed by atoms with E-state index in [2.05, 4.69) is 10.1 Å². The SMILES string of the molecule is Cc1cc(Cl)ccc1O[C@H](C)c1nn2c(=O)c3ccccc3nc2s1. The maximum Gasteiger partial charge on any atom is 0.283 e. The largest absolute Gasteiger partial charge is 0.483 e. The molecule has 126 valence electrons. The molecule has 0 aliphatic carbocycles. The number of hydrogen-bond donors (Lipinski definition) is 0. The number of hydrogen-bond acceptors (Lipinski definition) is 5. The highest BCUT2D eigenvalue weighted by Crippen LogP contribution is 2.29. The van der Waals surface area contributed by atoms with E-state index in [1.165, 1.54) is 15.9 Å². The van der Waals surface area contributed by atoms with Crippen LogP contribution in [0.5, 0.6) is 5.75 Å². The van der Waals surface area contributed by atoms with E-state index < -0.39 is 0 Å². The molecule has 1 atom stereocenters. The highest BCUT2D eigenvalue weighted by Gasteiger charge is 2.17. The Balaban J connectivity index is 1.75. The molecule has 0 saturated heterocycles. The summed E-state index contributed by atoms with van der Waals surface area (Å²) in [4.78, 5) is 17.7. The predicted molar refractivity (Wildman–Crippen MR) is 99.9 cm³/mol. The van der Waals surface area contributed by atoms with Gasteiger partial charge in [0.2, 0.25) is 4.96 Å². The summed E-state index contributed by atoms with van der Waals surface area (Å²) in [5.41, 5.74) is 1.45. The zero-order chi connectivity index (χ0) is 17.6. The molecule has 2 aromatic carbocycles. The van der Waals surface area contributed by atoms with Crippen LogP contribution in [0, 0.1) is 6.92 Å². The van der Waals surface area contributed by atoms with Crippen molar-refractivity contribution in [3.63, 3.8) is 0 Å². The van der Waals surface area contributed by atoms with Gasteiger partial charge < -0.3 is 4.74 Å². The van der Waals surface area contributed by atoms with Gasteiger partial charge in [-0.1, -0.05) is 35.1 Å². The minimum absolute atomic E-state index is 0.169. The number of para-hydroxylation sites is 1. The van der Waals surface area contributed by atoms with Crippen LogP contribution in [0.4, 0.5) is 0 Å². The van der Waals surface area contributed by atoms with E-state index in [-0.39, 0.29) is 11.7 Å². The number of nitrogens with zero attached hydrogens (tertiary/aromatic N) is 3. The third kappa shape index (κ3) is 2.88. The van der Waals surface area contributed by atoms with Gasteiger partial charge in [0.15, 0.2) is 5.01 Å². The Hall–Kier alpha value is -2.44. The van der Waals surface area contributed by atoms with Crippen LogP contribution in [0.2, 0.25) is 5.02 Å². The summed E-state index contributed by atoms with van der Waals surface area (Å²) in [6.07, 6.45) is -0.311. The lowest BCUT2D eigenvalue weighted by atomic mass is 10.2. The zero-order valence-corrected chi connectivity index (χ0v) is 15.1. The number of halogens is 1. The fraction of sp³-hybridized carbons (Fsp3) is 0.167. The second-order valence-electron chi connectivity index (χ2n) is 5.74.